The third-order valence-electron chi connectivity index (χ3n) is 6.26. The van der Waals surface area contributed by atoms with Crippen LogP contribution in [0.3, 0.4) is 0 Å². The number of carbonyl (C=O) groups excluding carboxylic acids is 1. The van der Waals surface area contributed by atoms with Crippen LogP contribution in [-0.4, -0.2) is 50.3 Å². The highest BCUT2D eigenvalue weighted by Crippen LogP contribution is 2.29. The van der Waals surface area contributed by atoms with Gasteiger partial charge in [-0.15, -0.1) is 0 Å². The fourth-order valence-electron chi connectivity index (χ4n) is 4.29. The maximum absolute atomic E-state index is 12.5. The Balaban J connectivity index is 1.42. The van der Waals surface area contributed by atoms with Crippen LogP contribution in [-0.2, 0) is 18.4 Å². The molecule has 0 atom stereocenters. The lowest BCUT2D eigenvalue weighted by atomic mass is 9.91. The van der Waals surface area contributed by atoms with Gasteiger partial charge in [-0.3, -0.25) is 9.48 Å². The van der Waals surface area contributed by atoms with E-state index in [-0.39, 0.29) is 12.1 Å². The van der Waals surface area contributed by atoms with Crippen molar-refractivity contribution in [3.63, 3.8) is 0 Å². The molecule has 11 heteroatoms. The number of benzene rings is 1. The number of Topliss-reactive ketones (excluding diaryl/α,β-unsaturated/α-hetero) is 1. The lowest BCUT2D eigenvalue weighted by molar-refractivity contribution is -0.170. The Morgan fingerprint density at radius 1 is 1.14 bits per heavy atom. The minimum absolute atomic E-state index is 0.101. The van der Waals surface area contributed by atoms with Gasteiger partial charge < -0.3 is 16.0 Å². The zero-order valence-electron chi connectivity index (χ0n) is 20.3. The molecule has 1 fully saturated rings. The summed E-state index contributed by atoms with van der Waals surface area (Å²) >= 11 is 0. The van der Waals surface area contributed by atoms with E-state index in [9.17, 15) is 18.0 Å². The summed E-state index contributed by atoms with van der Waals surface area (Å²) in [6, 6.07) is 8.05. The molecule has 0 spiro atoms. The molecule has 0 radical (unpaired) electrons. The molecular formula is C25H30F3N7O. The molecule has 36 heavy (non-hydrogen) atoms. The monoisotopic (exact) mass is 501 g/mol. The quantitative estimate of drug-likeness (QED) is 0.404. The van der Waals surface area contributed by atoms with E-state index in [1.165, 1.54) is 0 Å². The summed E-state index contributed by atoms with van der Waals surface area (Å²) < 4.78 is 39.1. The number of aromatic nitrogens is 4. The third-order valence-corrected chi connectivity index (χ3v) is 6.26. The van der Waals surface area contributed by atoms with Gasteiger partial charge in [-0.05, 0) is 50.3 Å². The number of aryl methyl sites for hydroxylation is 2. The average molecular weight is 502 g/mol. The van der Waals surface area contributed by atoms with Crippen LogP contribution in [0.4, 0.5) is 24.7 Å². The number of nitrogens with zero attached hydrogens (tertiary/aromatic N) is 4. The average Bonchev–Trinajstić information content (AvgIpc) is 3.27. The second kappa shape index (κ2) is 11.1. The predicted molar refractivity (Wildman–Crippen MR) is 131 cm³/mol. The van der Waals surface area contributed by atoms with Gasteiger partial charge in [0.15, 0.2) is 0 Å². The van der Waals surface area contributed by atoms with Gasteiger partial charge in [0.1, 0.15) is 11.6 Å². The van der Waals surface area contributed by atoms with Crippen molar-refractivity contribution in [2.45, 2.75) is 57.4 Å². The Bertz CT molecular complexity index is 1190. The van der Waals surface area contributed by atoms with E-state index in [0.29, 0.717) is 31.0 Å². The van der Waals surface area contributed by atoms with Crippen molar-refractivity contribution in [2.24, 2.45) is 7.05 Å². The first-order valence-corrected chi connectivity index (χ1v) is 11.9. The number of ketones is 1. The van der Waals surface area contributed by atoms with Gasteiger partial charge in [-0.1, -0.05) is 12.1 Å². The molecule has 3 N–H and O–H groups in total. The van der Waals surface area contributed by atoms with Crippen molar-refractivity contribution in [2.75, 3.05) is 17.2 Å². The molecular weight excluding hydrogens is 471 g/mol. The molecule has 0 amide bonds. The summed E-state index contributed by atoms with van der Waals surface area (Å²) in [6.07, 6.45) is 3.45. The fourth-order valence-corrected chi connectivity index (χ4v) is 4.29. The van der Waals surface area contributed by atoms with E-state index < -0.39 is 18.5 Å². The first-order valence-electron chi connectivity index (χ1n) is 11.9. The summed E-state index contributed by atoms with van der Waals surface area (Å²) in [5, 5.41) is 13.9. The molecule has 0 aliphatic heterocycles. The van der Waals surface area contributed by atoms with Gasteiger partial charge in [-0.25, -0.2) is 9.97 Å². The smallest absolute Gasteiger partial charge is 0.378 e. The van der Waals surface area contributed by atoms with Crippen molar-refractivity contribution in [1.82, 2.24) is 25.1 Å². The Hall–Kier alpha value is -3.47. The van der Waals surface area contributed by atoms with E-state index in [2.05, 4.69) is 32.1 Å². The number of hydrogen-bond acceptors (Lipinski definition) is 7. The lowest BCUT2D eigenvalue weighted by Crippen LogP contribution is -2.42. The highest BCUT2D eigenvalue weighted by Gasteiger charge is 2.38. The number of rotatable bonds is 9. The van der Waals surface area contributed by atoms with Crippen molar-refractivity contribution in [3.05, 3.63) is 54.2 Å². The summed E-state index contributed by atoms with van der Waals surface area (Å²) in [5.41, 5.74) is 3.86. The third kappa shape index (κ3) is 6.81. The van der Waals surface area contributed by atoms with Crippen LogP contribution < -0.4 is 16.0 Å². The van der Waals surface area contributed by atoms with E-state index in [4.69, 9.17) is 4.98 Å². The number of halogens is 3. The normalized spacial score (nSPS) is 18.1. The number of nitrogens with one attached hydrogen (secondary N) is 3. The number of alkyl halides is 3. The molecule has 0 saturated heterocycles. The molecule has 1 saturated carbocycles. The molecule has 0 bridgehead atoms. The maximum atomic E-state index is 12.5. The highest BCUT2D eigenvalue weighted by molar-refractivity contribution is 5.85. The standard InChI is InChI=1S/C25H30F3N7O/c1-16-4-3-5-20(10-16)30-14-23-31-12-21(17-11-32-35(2)15-17)24(34-23)33-19-8-6-18(7-9-19)29-13-22(36)25(26,27)28/h3-5,10-12,15,18-19,29-30H,6-9,13-14H2,1-2H3,(H,31,33,34). The summed E-state index contributed by atoms with van der Waals surface area (Å²) in [4.78, 5) is 20.5. The van der Waals surface area contributed by atoms with Gasteiger partial charge in [0.25, 0.3) is 0 Å². The molecule has 8 nitrogen and oxygen atoms in total. The minimum atomic E-state index is -4.80. The van der Waals surface area contributed by atoms with E-state index in [1.54, 1.807) is 17.1 Å². The van der Waals surface area contributed by atoms with Crippen LogP contribution in [0.2, 0.25) is 0 Å². The molecule has 1 aliphatic carbocycles. The van der Waals surface area contributed by atoms with Gasteiger partial charge in [0.05, 0.1) is 19.3 Å². The molecule has 0 unspecified atom stereocenters. The predicted octanol–water partition coefficient (Wildman–Crippen LogP) is 4.24. The fraction of sp³-hybridized carbons (Fsp3) is 0.440. The van der Waals surface area contributed by atoms with Crippen LogP contribution in [0.1, 0.15) is 37.1 Å². The van der Waals surface area contributed by atoms with Crippen LogP contribution in [0.5, 0.6) is 0 Å². The lowest BCUT2D eigenvalue weighted by Gasteiger charge is -2.30. The van der Waals surface area contributed by atoms with E-state index >= 15 is 0 Å². The summed E-state index contributed by atoms with van der Waals surface area (Å²) in [7, 11) is 1.84. The molecule has 1 aliphatic rings. The summed E-state index contributed by atoms with van der Waals surface area (Å²) in [6.45, 7) is 1.81. The molecule has 4 rings (SSSR count). The first kappa shape index (κ1) is 25.6. The maximum Gasteiger partial charge on any atom is 0.451 e. The van der Waals surface area contributed by atoms with Crippen LogP contribution >= 0.6 is 0 Å². The Morgan fingerprint density at radius 2 is 1.89 bits per heavy atom. The number of hydrogen-bond donors (Lipinski definition) is 3. The molecule has 1 aromatic carbocycles. The van der Waals surface area contributed by atoms with Crippen molar-refractivity contribution in [1.29, 1.82) is 0 Å². The molecule has 192 valence electrons. The Labute approximate surface area is 207 Å². The Kier molecular flexibility index (Phi) is 7.88. The van der Waals surface area contributed by atoms with E-state index in [0.717, 1.165) is 35.2 Å². The summed E-state index contributed by atoms with van der Waals surface area (Å²) in [5.74, 6) is -0.410. The first-order chi connectivity index (χ1) is 17.2. The highest BCUT2D eigenvalue weighted by atomic mass is 19.4. The van der Waals surface area contributed by atoms with Crippen molar-refractivity contribution >= 4 is 17.3 Å². The SMILES string of the molecule is Cc1cccc(NCc2ncc(-c3cnn(C)c3)c(NC3CCC(NCC(=O)C(F)(F)F)CC3)n2)c1. The number of carbonyl (C=O) groups is 1. The van der Waals surface area contributed by atoms with Gasteiger partial charge in [0.2, 0.25) is 5.78 Å². The largest absolute Gasteiger partial charge is 0.451 e. The van der Waals surface area contributed by atoms with Gasteiger partial charge >= 0.3 is 6.18 Å². The van der Waals surface area contributed by atoms with Crippen LogP contribution in [0.25, 0.3) is 11.1 Å². The molecule has 2 aromatic heterocycles. The Morgan fingerprint density at radius 3 is 2.56 bits per heavy atom. The topological polar surface area (TPSA) is 96.8 Å². The molecule has 3 aromatic rings. The second-order valence-electron chi connectivity index (χ2n) is 9.17. The zero-order chi connectivity index (χ0) is 25.7. The van der Waals surface area contributed by atoms with Crippen LogP contribution in [0, 0.1) is 6.92 Å². The van der Waals surface area contributed by atoms with Gasteiger partial charge in [-0.2, -0.15) is 18.3 Å². The second-order valence-corrected chi connectivity index (χ2v) is 9.17. The number of anilines is 2. The molecule has 2 heterocycles. The van der Waals surface area contributed by atoms with Gasteiger partial charge in [0, 0.05) is 48.3 Å². The van der Waals surface area contributed by atoms with Crippen molar-refractivity contribution in [3.8, 4) is 11.1 Å². The van der Waals surface area contributed by atoms with Crippen molar-refractivity contribution < 1.29 is 18.0 Å². The minimum Gasteiger partial charge on any atom is -0.378 e. The van der Waals surface area contributed by atoms with E-state index in [1.807, 2.05) is 38.4 Å². The van der Waals surface area contributed by atoms with Crippen LogP contribution in [0.15, 0.2) is 42.9 Å². The zero-order valence-corrected chi connectivity index (χ0v) is 20.3.